The fourth-order valence-electron chi connectivity index (χ4n) is 2.87. The van der Waals surface area contributed by atoms with E-state index >= 15 is 0 Å². The lowest BCUT2D eigenvalue weighted by atomic mass is 10.1. The first kappa shape index (κ1) is 37.9. The lowest BCUT2D eigenvalue weighted by molar-refractivity contribution is -0.946. The highest BCUT2D eigenvalue weighted by Crippen LogP contribution is 2.29. The Bertz CT molecular complexity index is 750. The van der Waals surface area contributed by atoms with Gasteiger partial charge >= 0.3 is 6.16 Å². The quantitative estimate of drug-likeness (QED) is 0.0414. The molecule has 0 aliphatic carbocycles. The molecule has 0 saturated heterocycles. The van der Waals surface area contributed by atoms with E-state index in [1.54, 1.807) is 27.9 Å². The van der Waals surface area contributed by atoms with Crippen molar-refractivity contribution < 1.29 is 44.3 Å². The first-order chi connectivity index (χ1) is 18.2. The smallest absolute Gasteiger partial charge is 0.412 e. The van der Waals surface area contributed by atoms with E-state index in [4.69, 9.17) is 42.4 Å². The van der Waals surface area contributed by atoms with E-state index in [0.717, 1.165) is 12.8 Å². The van der Waals surface area contributed by atoms with E-state index in [1.165, 1.54) is 10.0 Å². The maximum Gasteiger partial charge on any atom is 0.511 e. The van der Waals surface area contributed by atoms with Crippen molar-refractivity contribution in [2.75, 3.05) is 27.3 Å². The summed E-state index contributed by atoms with van der Waals surface area (Å²) in [5, 5.41) is 27.5. The minimum absolute atomic E-state index is 0.311. The largest absolute Gasteiger partial charge is 0.511 e. The van der Waals surface area contributed by atoms with Crippen molar-refractivity contribution in [3.8, 4) is 0 Å². The molecule has 0 aromatic rings. The van der Waals surface area contributed by atoms with Gasteiger partial charge in [-0.15, -0.1) is 10.0 Å². The summed E-state index contributed by atoms with van der Waals surface area (Å²) in [6.07, 6.45) is 4.09. The van der Waals surface area contributed by atoms with Crippen LogP contribution in [0.4, 0.5) is 4.79 Å². The van der Waals surface area contributed by atoms with Crippen LogP contribution in [-0.4, -0.2) is 85.0 Å². The van der Waals surface area contributed by atoms with Crippen LogP contribution in [0.15, 0.2) is 10.6 Å². The monoisotopic (exact) mass is 618 g/mol. The van der Waals surface area contributed by atoms with Gasteiger partial charge in [0.2, 0.25) is 0 Å². The zero-order chi connectivity index (χ0) is 31.2. The second-order valence-corrected chi connectivity index (χ2v) is 13.6. The van der Waals surface area contributed by atoms with Gasteiger partial charge < -0.3 is 19.1 Å². The lowest BCUT2D eigenvalue weighted by Crippen LogP contribution is -2.43. The van der Waals surface area contributed by atoms with E-state index in [2.05, 4.69) is 10.6 Å². The molecule has 0 fully saturated rings. The molecule has 0 bridgehead atoms. The molecule has 236 valence electrons. The number of alkyl halides is 2. The number of nitrogens with zero attached hydrogens (tertiary/aromatic N) is 6. The summed E-state index contributed by atoms with van der Waals surface area (Å²) in [6.45, 7) is 15.4. The van der Waals surface area contributed by atoms with Crippen LogP contribution in [-0.2, 0) is 19.1 Å². The fourth-order valence-corrected chi connectivity index (χ4v) is 3.26. The van der Waals surface area contributed by atoms with Crippen LogP contribution >= 0.6 is 23.2 Å². The van der Waals surface area contributed by atoms with Gasteiger partial charge in [-0.1, -0.05) is 23.2 Å². The Morgan fingerprint density at radius 1 is 0.675 bits per heavy atom. The molecule has 0 heterocycles. The first-order valence-electron chi connectivity index (χ1n) is 13.6. The minimum atomic E-state index is -1.24. The van der Waals surface area contributed by atoms with Gasteiger partial charge in [-0.05, 0) is 93.9 Å². The molecule has 40 heavy (non-hydrogen) atoms. The summed E-state index contributed by atoms with van der Waals surface area (Å²) >= 11 is 12.7. The van der Waals surface area contributed by atoms with Crippen LogP contribution in [0.1, 0.15) is 107 Å². The SMILES string of the molecule is CN(/[N+](O)=N/OCCCCCC(C)(Cl)OC(=O)OC(C)(Cl)CCCCCO/N=[N+](\O)N(C)C(C)(C)C)C(C)(C)C. The van der Waals surface area contributed by atoms with Gasteiger partial charge in [-0.2, -0.15) is 0 Å². The highest BCUT2D eigenvalue weighted by atomic mass is 35.5. The van der Waals surface area contributed by atoms with E-state index in [9.17, 15) is 15.2 Å². The van der Waals surface area contributed by atoms with Gasteiger partial charge in [0.25, 0.3) is 20.5 Å². The van der Waals surface area contributed by atoms with Crippen LogP contribution < -0.4 is 0 Å². The van der Waals surface area contributed by atoms with Crippen molar-refractivity contribution >= 4 is 29.4 Å². The standard InChI is InChI=1S/C25H52Cl2N6O7/c1-22(2,3)30(9)32(35)28-37-19-15-11-13-17-24(7,26)39-21(34)40-25(8,27)18-14-12-16-20-38-29-33(36)31(10)23(4,5)6/h11-20H2,1-10H3,(H,28,35)(H,29,36)/q+2. The number of hydrazine groups is 2. The Morgan fingerprint density at radius 2 is 1.00 bits per heavy atom. The predicted molar refractivity (Wildman–Crippen MR) is 149 cm³/mol. The summed E-state index contributed by atoms with van der Waals surface area (Å²) in [5.41, 5.74) is -0.621. The average Bonchev–Trinajstić information content (AvgIpc) is 2.79. The highest BCUT2D eigenvalue weighted by molar-refractivity contribution is 6.23. The van der Waals surface area contributed by atoms with Crippen LogP contribution in [0.5, 0.6) is 0 Å². The summed E-state index contributed by atoms with van der Waals surface area (Å²) < 4.78 is 10.6. The van der Waals surface area contributed by atoms with Crippen LogP contribution in [0.3, 0.4) is 0 Å². The maximum atomic E-state index is 12.3. The molecule has 0 saturated carbocycles. The topological polar surface area (TPSA) is 132 Å². The van der Waals surface area contributed by atoms with Gasteiger partial charge in [0, 0.05) is 12.8 Å². The molecule has 15 heteroatoms. The van der Waals surface area contributed by atoms with Gasteiger partial charge in [-0.25, -0.2) is 15.2 Å². The Balaban J connectivity index is 4.18. The zero-order valence-electron chi connectivity index (χ0n) is 25.9. The molecule has 0 aromatic heterocycles. The molecule has 13 nitrogen and oxygen atoms in total. The van der Waals surface area contributed by atoms with Crippen LogP contribution in [0.25, 0.3) is 0 Å². The van der Waals surface area contributed by atoms with E-state index < -0.39 is 16.3 Å². The highest BCUT2D eigenvalue weighted by Gasteiger charge is 2.32. The zero-order valence-corrected chi connectivity index (χ0v) is 27.5. The number of halogens is 2. The third-order valence-electron chi connectivity index (χ3n) is 6.05. The number of carbonyl (C=O) groups is 1. The number of carbonyl (C=O) groups excluding carboxylic acids is 1. The minimum Gasteiger partial charge on any atom is -0.412 e. The van der Waals surface area contributed by atoms with Gasteiger partial charge in [0.1, 0.15) is 13.2 Å². The summed E-state index contributed by atoms with van der Waals surface area (Å²) in [7, 11) is 3.39. The molecule has 0 aliphatic rings. The molecule has 2 N–H and O–H groups in total. The van der Waals surface area contributed by atoms with E-state index in [-0.39, 0.29) is 11.1 Å². The number of unbranched alkanes of at least 4 members (excludes halogenated alkanes) is 4. The molecule has 0 aliphatic heterocycles. The number of hydrogen-bond acceptors (Lipinski definition) is 7. The molecule has 0 amide bonds. The summed E-state index contributed by atoms with van der Waals surface area (Å²) in [6, 6.07) is 0. The Morgan fingerprint density at radius 3 is 1.30 bits per heavy atom. The lowest BCUT2D eigenvalue weighted by Gasteiger charge is -2.26. The number of hydrogen-bond donors (Lipinski definition) is 2. The molecular weight excluding hydrogens is 567 g/mol. The Labute approximate surface area is 249 Å². The fraction of sp³-hybridized carbons (Fsp3) is 0.960. The molecule has 0 aromatic carbocycles. The van der Waals surface area contributed by atoms with Crippen LogP contribution in [0, 0.1) is 0 Å². The molecule has 0 rings (SSSR count). The third-order valence-corrected chi connectivity index (χ3v) is 6.58. The van der Waals surface area contributed by atoms with Gasteiger partial charge in [0.05, 0.1) is 25.2 Å². The van der Waals surface area contributed by atoms with Crippen molar-refractivity contribution in [3.05, 3.63) is 0 Å². The second-order valence-electron chi connectivity index (χ2n) is 12.0. The van der Waals surface area contributed by atoms with Crippen molar-refractivity contribution in [3.63, 3.8) is 0 Å². The van der Waals surface area contributed by atoms with Crippen molar-refractivity contribution in [2.45, 2.75) is 128 Å². The Hall–Kier alpha value is -2.15. The van der Waals surface area contributed by atoms with E-state index in [0.29, 0.717) is 61.7 Å². The summed E-state index contributed by atoms with van der Waals surface area (Å²) in [4.78, 5) is 23.9. The summed E-state index contributed by atoms with van der Waals surface area (Å²) in [5.74, 6) is 0. The maximum absolute atomic E-state index is 12.3. The number of ether oxygens (including phenoxy) is 2. The molecule has 0 radical (unpaired) electrons. The number of rotatable bonds is 18. The van der Waals surface area contributed by atoms with Crippen LogP contribution in [0.2, 0.25) is 0 Å². The second kappa shape index (κ2) is 17.0. The van der Waals surface area contributed by atoms with Crippen molar-refractivity contribution in [1.82, 2.24) is 10.0 Å². The third kappa shape index (κ3) is 17.5. The predicted octanol–water partition coefficient (Wildman–Crippen LogP) is 7.03. The molecule has 2 unspecified atom stereocenters. The Kier molecular flexibility index (Phi) is 16.0. The van der Waals surface area contributed by atoms with Crippen molar-refractivity contribution in [1.29, 1.82) is 0 Å². The first-order valence-corrected chi connectivity index (χ1v) is 14.3. The van der Waals surface area contributed by atoms with Crippen molar-refractivity contribution in [2.24, 2.45) is 10.6 Å². The van der Waals surface area contributed by atoms with Gasteiger partial charge in [0.15, 0.2) is 10.1 Å². The van der Waals surface area contributed by atoms with E-state index in [1.807, 2.05) is 41.5 Å². The van der Waals surface area contributed by atoms with Gasteiger partial charge in [-0.3, -0.25) is 0 Å². The molecular formula is C25H52Cl2N6O7+2. The molecule has 0 spiro atoms. The molecule has 2 atom stereocenters. The average molecular weight is 620 g/mol. The normalized spacial score (nSPS) is 16.0.